The molecule has 1 aliphatic heterocycles. The van der Waals surface area contributed by atoms with Crippen molar-refractivity contribution >= 4 is 15.9 Å². The zero-order valence-electron chi connectivity index (χ0n) is 12.5. The Labute approximate surface area is 129 Å². The lowest BCUT2D eigenvalue weighted by molar-refractivity contribution is 0.0554. The van der Waals surface area contributed by atoms with Crippen molar-refractivity contribution in [1.82, 2.24) is 10.2 Å². The van der Waals surface area contributed by atoms with Crippen LogP contribution in [0.5, 0.6) is 0 Å². The molecule has 0 amide bonds. The molecule has 0 aliphatic carbocycles. The molecule has 2 nitrogen and oxygen atoms in total. The van der Waals surface area contributed by atoms with Crippen molar-refractivity contribution in [3.05, 3.63) is 34.1 Å². The molecule has 112 valence electrons. The van der Waals surface area contributed by atoms with E-state index in [1.807, 2.05) is 6.07 Å². The highest BCUT2D eigenvalue weighted by molar-refractivity contribution is 9.10. The van der Waals surface area contributed by atoms with E-state index in [1.165, 1.54) is 18.9 Å². The molecule has 1 atom stereocenters. The first-order valence-electron chi connectivity index (χ1n) is 7.34. The van der Waals surface area contributed by atoms with Gasteiger partial charge in [0.25, 0.3) is 0 Å². The highest BCUT2D eigenvalue weighted by atomic mass is 79.9. The lowest BCUT2D eigenvalue weighted by atomic mass is 9.95. The van der Waals surface area contributed by atoms with E-state index in [9.17, 15) is 4.39 Å². The zero-order chi connectivity index (χ0) is 14.8. The maximum absolute atomic E-state index is 14.0. The van der Waals surface area contributed by atoms with Gasteiger partial charge in [-0.05, 0) is 38.5 Å². The second kappa shape index (κ2) is 6.54. The van der Waals surface area contributed by atoms with E-state index in [4.69, 9.17) is 0 Å². The van der Waals surface area contributed by atoms with Crippen LogP contribution in [-0.4, -0.2) is 29.6 Å². The highest BCUT2D eigenvalue weighted by Crippen LogP contribution is 2.25. The van der Waals surface area contributed by atoms with Gasteiger partial charge < -0.3 is 5.32 Å². The summed E-state index contributed by atoms with van der Waals surface area (Å²) in [6.07, 6.45) is 2.35. The molecule has 4 heteroatoms. The average Bonchev–Trinajstić information content (AvgIpc) is 2.38. The Hall–Kier alpha value is -0.450. The molecule has 1 unspecified atom stereocenters. The predicted octanol–water partition coefficient (Wildman–Crippen LogP) is 3.94. The summed E-state index contributed by atoms with van der Waals surface area (Å²) in [4.78, 5) is 2.40. The third kappa shape index (κ3) is 3.80. The van der Waals surface area contributed by atoms with E-state index in [1.54, 1.807) is 6.07 Å². The molecule has 1 saturated heterocycles. The first-order chi connectivity index (χ1) is 9.42. The van der Waals surface area contributed by atoms with Crippen molar-refractivity contribution < 1.29 is 4.39 Å². The van der Waals surface area contributed by atoms with Gasteiger partial charge in [0.2, 0.25) is 0 Å². The van der Waals surface area contributed by atoms with Crippen molar-refractivity contribution in [3.63, 3.8) is 0 Å². The minimum atomic E-state index is -0.116. The van der Waals surface area contributed by atoms with Gasteiger partial charge in [-0.1, -0.05) is 29.3 Å². The maximum Gasteiger partial charge on any atom is 0.127 e. The van der Waals surface area contributed by atoms with Gasteiger partial charge in [-0.2, -0.15) is 0 Å². The molecule has 0 spiro atoms. The number of hydrogen-bond donors (Lipinski definition) is 1. The van der Waals surface area contributed by atoms with Crippen LogP contribution < -0.4 is 5.32 Å². The number of piperazine rings is 1. The molecule has 1 aromatic carbocycles. The summed E-state index contributed by atoms with van der Waals surface area (Å²) in [5.74, 6) is -0.116. The topological polar surface area (TPSA) is 15.3 Å². The van der Waals surface area contributed by atoms with Crippen molar-refractivity contribution in [2.75, 3.05) is 13.1 Å². The van der Waals surface area contributed by atoms with E-state index in [0.717, 1.165) is 23.1 Å². The summed E-state index contributed by atoms with van der Waals surface area (Å²) in [6, 6.07) is 5.70. The van der Waals surface area contributed by atoms with E-state index >= 15 is 0 Å². The van der Waals surface area contributed by atoms with E-state index in [2.05, 4.69) is 46.9 Å². The molecule has 20 heavy (non-hydrogen) atoms. The van der Waals surface area contributed by atoms with Crippen molar-refractivity contribution in [1.29, 1.82) is 0 Å². The molecular weight excluding hydrogens is 319 g/mol. The molecule has 0 saturated carbocycles. The van der Waals surface area contributed by atoms with E-state index in [-0.39, 0.29) is 11.4 Å². The van der Waals surface area contributed by atoms with Gasteiger partial charge in [-0.3, -0.25) is 4.90 Å². The minimum absolute atomic E-state index is 0.0546. The number of rotatable bonds is 4. The van der Waals surface area contributed by atoms with Crippen molar-refractivity contribution in [3.8, 4) is 0 Å². The van der Waals surface area contributed by atoms with E-state index in [0.29, 0.717) is 12.6 Å². The van der Waals surface area contributed by atoms with Crippen LogP contribution in [0.1, 0.15) is 39.2 Å². The van der Waals surface area contributed by atoms with Crippen molar-refractivity contribution in [2.24, 2.45) is 0 Å². The molecule has 0 radical (unpaired) electrons. The summed E-state index contributed by atoms with van der Waals surface area (Å²) in [7, 11) is 0. The maximum atomic E-state index is 14.0. The summed E-state index contributed by atoms with van der Waals surface area (Å²) in [5.41, 5.74) is 0.823. The third-order valence-electron chi connectivity index (χ3n) is 4.13. The lowest BCUT2D eigenvalue weighted by Crippen LogP contribution is -2.61. The van der Waals surface area contributed by atoms with Gasteiger partial charge in [-0.15, -0.1) is 0 Å². The number of benzene rings is 1. The van der Waals surface area contributed by atoms with Crippen LogP contribution in [0.15, 0.2) is 22.7 Å². The largest absolute Gasteiger partial charge is 0.311 e. The van der Waals surface area contributed by atoms with Gasteiger partial charge in [0.15, 0.2) is 0 Å². The first kappa shape index (κ1) is 15.9. The zero-order valence-corrected chi connectivity index (χ0v) is 14.1. The Bertz CT molecular complexity index is 462. The molecule has 2 rings (SSSR count). The molecule has 0 aromatic heterocycles. The monoisotopic (exact) mass is 342 g/mol. The van der Waals surface area contributed by atoms with Gasteiger partial charge in [0.1, 0.15) is 5.82 Å². The van der Waals surface area contributed by atoms with Crippen LogP contribution in [0.25, 0.3) is 0 Å². The standard InChI is InChI=1S/C16H24BrFN2/c1-4-5-14-10-20(16(2,3)11-19-14)9-12-8-13(17)6-7-15(12)18/h6-8,14,19H,4-5,9-11H2,1-3H3. The van der Waals surface area contributed by atoms with Gasteiger partial charge >= 0.3 is 0 Å². The minimum Gasteiger partial charge on any atom is -0.311 e. The summed E-state index contributed by atoms with van der Waals surface area (Å²) in [6.45, 7) is 9.25. The Balaban J connectivity index is 2.13. The Morgan fingerprint density at radius 1 is 1.45 bits per heavy atom. The average molecular weight is 343 g/mol. The van der Waals surface area contributed by atoms with Crippen LogP contribution >= 0.6 is 15.9 Å². The first-order valence-corrected chi connectivity index (χ1v) is 8.14. The summed E-state index contributed by atoms with van der Waals surface area (Å²) >= 11 is 3.43. The molecule has 1 N–H and O–H groups in total. The number of hydrogen-bond acceptors (Lipinski definition) is 2. The normalized spacial score (nSPS) is 22.9. The van der Waals surface area contributed by atoms with Crippen molar-refractivity contribution in [2.45, 2.75) is 51.7 Å². The fourth-order valence-electron chi connectivity index (χ4n) is 2.77. The second-order valence-electron chi connectivity index (χ2n) is 6.30. The predicted molar refractivity (Wildman–Crippen MR) is 85.3 cm³/mol. The number of nitrogens with zero attached hydrogens (tertiary/aromatic N) is 1. The Morgan fingerprint density at radius 3 is 2.90 bits per heavy atom. The third-order valence-corrected chi connectivity index (χ3v) is 4.62. The van der Waals surface area contributed by atoms with Crippen LogP contribution in [0.2, 0.25) is 0 Å². The number of nitrogens with one attached hydrogen (secondary N) is 1. The molecular formula is C16H24BrFN2. The molecule has 1 heterocycles. The van der Waals surface area contributed by atoms with Gasteiger partial charge in [-0.25, -0.2) is 4.39 Å². The fraction of sp³-hybridized carbons (Fsp3) is 0.625. The van der Waals surface area contributed by atoms with Crippen LogP contribution in [0, 0.1) is 5.82 Å². The summed E-state index contributed by atoms with van der Waals surface area (Å²) in [5, 5.41) is 3.61. The lowest BCUT2D eigenvalue weighted by Gasteiger charge is -2.46. The van der Waals surface area contributed by atoms with Gasteiger partial charge in [0, 0.05) is 41.3 Å². The fourth-order valence-corrected chi connectivity index (χ4v) is 3.18. The molecule has 0 bridgehead atoms. The molecule has 1 fully saturated rings. The van der Waals surface area contributed by atoms with E-state index < -0.39 is 0 Å². The van der Waals surface area contributed by atoms with Crippen LogP contribution in [0.4, 0.5) is 4.39 Å². The quantitative estimate of drug-likeness (QED) is 0.891. The Kier molecular flexibility index (Phi) is 5.21. The van der Waals surface area contributed by atoms with Crippen LogP contribution in [0.3, 0.4) is 0 Å². The van der Waals surface area contributed by atoms with Gasteiger partial charge in [0.05, 0.1) is 0 Å². The molecule has 1 aliphatic rings. The SMILES string of the molecule is CCCC1CN(Cc2cc(Br)ccc2F)C(C)(C)CN1. The van der Waals surface area contributed by atoms with Crippen LogP contribution in [-0.2, 0) is 6.54 Å². The summed E-state index contributed by atoms with van der Waals surface area (Å²) < 4.78 is 14.9. The molecule has 1 aromatic rings. The smallest absolute Gasteiger partial charge is 0.127 e. The second-order valence-corrected chi connectivity index (χ2v) is 7.21. The number of halogens is 2. The Morgan fingerprint density at radius 2 is 2.20 bits per heavy atom. The highest BCUT2D eigenvalue weighted by Gasteiger charge is 2.33.